The molecule has 0 spiro atoms. The number of rotatable bonds is 4. The maximum Gasteiger partial charge on any atom is 0.289 e. The zero-order valence-corrected chi connectivity index (χ0v) is 17.0. The van der Waals surface area contributed by atoms with E-state index in [-0.39, 0.29) is 29.5 Å². The molecule has 3 aliphatic rings. The molecule has 1 saturated carbocycles. The summed E-state index contributed by atoms with van der Waals surface area (Å²) in [5, 5.41) is 0. The van der Waals surface area contributed by atoms with E-state index in [1.165, 1.54) is 0 Å². The highest BCUT2D eigenvalue weighted by atomic mass is 16.5. The summed E-state index contributed by atoms with van der Waals surface area (Å²) in [6, 6.07) is 17.2. The number of carbonyl (C=O) groups is 2. The summed E-state index contributed by atoms with van der Waals surface area (Å²) in [5.74, 6) is 0.719. The fourth-order valence-corrected chi connectivity index (χ4v) is 4.87. The number of likely N-dealkylation sites (N-methyl/N-ethyl adjacent to an activating group) is 1. The van der Waals surface area contributed by atoms with Crippen molar-refractivity contribution in [2.45, 2.75) is 44.4 Å². The molecular weight excluding hydrogens is 378 g/mol. The maximum absolute atomic E-state index is 13.4. The number of ether oxygens (including phenoxy) is 2. The van der Waals surface area contributed by atoms with Crippen molar-refractivity contribution in [2.24, 2.45) is 5.92 Å². The van der Waals surface area contributed by atoms with E-state index in [0.717, 1.165) is 36.8 Å². The minimum Gasteiger partial charge on any atom is -0.489 e. The largest absolute Gasteiger partial charge is 0.489 e. The van der Waals surface area contributed by atoms with E-state index in [9.17, 15) is 9.59 Å². The third-order valence-corrected chi connectivity index (χ3v) is 6.42. The van der Waals surface area contributed by atoms with E-state index in [1.54, 1.807) is 11.9 Å². The molecule has 2 heterocycles. The molecule has 2 aromatic rings. The Bertz CT molecular complexity index is 1010. The molecule has 0 bridgehead atoms. The topological polar surface area (TPSA) is 55.8 Å². The van der Waals surface area contributed by atoms with E-state index < -0.39 is 6.04 Å². The Hall–Kier alpha value is -3.08. The first-order chi connectivity index (χ1) is 14.6. The lowest BCUT2D eigenvalue weighted by molar-refractivity contribution is -0.134. The van der Waals surface area contributed by atoms with Gasteiger partial charge in [0.1, 0.15) is 18.5 Å². The smallest absolute Gasteiger partial charge is 0.289 e. The SMILES string of the molecule is CN1C(=O)C2=C(C(=O)C3CCCCC3O2)C1c1cccc(OCc2ccccc2)c1. The zero-order chi connectivity index (χ0) is 20.7. The Morgan fingerprint density at radius 3 is 2.67 bits per heavy atom. The predicted octanol–water partition coefficient (Wildman–Crippen LogP) is 4.19. The van der Waals surface area contributed by atoms with Gasteiger partial charge >= 0.3 is 0 Å². The summed E-state index contributed by atoms with van der Waals surface area (Å²) in [5.41, 5.74) is 2.47. The molecule has 1 fully saturated rings. The van der Waals surface area contributed by atoms with Gasteiger partial charge in [-0.1, -0.05) is 48.9 Å². The zero-order valence-electron chi connectivity index (χ0n) is 17.0. The van der Waals surface area contributed by atoms with Gasteiger partial charge in [-0.2, -0.15) is 0 Å². The molecule has 0 aromatic heterocycles. The van der Waals surface area contributed by atoms with E-state index in [1.807, 2.05) is 54.6 Å². The fourth-order valence-electron chi connectivity index (χ4n) is 4.87. The second-order valence-electron chi connectivity index (χ2n) is 8.32. The molecule has 1 amide bonds. The van der Waals surface area contributed by atoms with Crippen LogP contribution in [-0.4, -0.2) is 29.7 Å². The molecule has 1 aliphatic carbocycles. The van der Waals surface area contributed by atoms with E-state index >= 15 is 0 Å². The molecule has 0 saturated heterocycles. The van der Waals surface area contributed by atoms with Gasteiger partial charge in [-0.15, -0.1) is 0 Å². The standard InChI is InChI=1S/C25H25NO4/c1-26-22(17-10-7-11-18(14-17)29-15-16-8-3-2-4-9-16)21-23(27)19-12-5-6-13-20(19)30-24(21)25(26)28/h2-4,7-11,14,19-20,22H,5-6,12-13,15H2,1H3. The van der Waals surface area contributed by atoms with Crippen LogP contribution in [0.3, 0.4) is 0 Å². The van der Waals surface area contributed by atoms with E-state index in [0.29, 0.717) is 17.9 Å². The second kappa shape index (κ2) is 7.63. The molecule has 154 valence electrons. The normalized spacial score (nSPS) is 25.6. The molecule has 5 rings (SSSR count). The maximum atomic E-state index is 13.4. The quantitative estimate of drug-likeness (QED) is 0.768. The minimum absolute atomic E-state index is 0.0826. The number of hydrogen-bond acceptors (Lipinski definition) is 4. The highest BCUT2D eigenvalue weighted by Crippen LogP contribution is 2.46. The lowest BCUT2D eigenvalue weighted by Crippen LogP contribution is -2.39. The van der Waals surface area contributed by atoms with Crippen molar-refractivity contribution in [3.05, 3.63) is 77.1 Å². The summed E-state index contributed by atoms with van der Waals surface area (Å²) < 4.78 is 12.1. The Balaban J connectivity index is 1.44. The van der Waals surface area contributed by atoms with Crippen LogP contribution in [0.25, 0.3) is 0 Å². The van der Waals surface area contributed by atoms with Crippen LogP contribution in [-0.2, 0) is 20.9 Å². The van der Waals surface area contributed by atoms with Gasteiger partial charge in [0.25, 0.3) is 5.91 Å². The van der Waals surface area contributed by atoms with Crippen molar-refractivity contribution in [1.82, 2.24) is 4.90 Å². The van der Waals surface area contributed by atoms with Gasteiger partial charge < -0.3 is 14.4 Å². The predicted molar refractivity (Wildman–Crippen MR) is 112 cm³/mol. The molecular formula is C25H25NO4. The highest BCUT2D eigenvalue weighted by Gasteiger charge is 2.50. The molecule has 3 unspecified atom stereocenters. The fraction of sp³-hybridized carbons (Fsp3) is 0.360. The molecule has 3 atom stereocenters. The van der Waals surface area contributed by atoms with Crippen LogP contribution in [0.2, 0.25) is 0 Å². The average molecular weight is 403 g/mol. The lowest BCUT2D eigenvalue weighted by atomic mass is 9.77. The summed E-state index contributed by atoms with van der Waals surface area (Å²) in [7, 11) is 1.74. The Morgan fingerprint density at radius 1 is 1.03 bits per heavy atom. The summed E-state index contributed by atoms with van der Waals surface area (Å²) >= 11 is 0. The lowest BCUT2D eigenvalue weighted by Gasteiger charge is -2.35. The van der Waals surface area contributed by atoms with Gasteiger partial charge in [0, 0.05) is 7.05 Å². The van der Waals surface area contributed by atoms with Gasteiger partial charge in [0.2, 0.25) is 0 Å². The van der Waals surface area contributed by atoms with E-state index in [4.69, 9.17) is 9.47 Å². The summed E-state index contributed by atoms with van der Waals surface area (Å²) in [6.45, 7) is 0.462. The third kappa shape index (κ3) is 3.18. The van der Waals surface area contributed by atoms with Crippen LogP contribution in [0.15, 0.2) is 65.9 Å². The van der Waals surface area contributed by atoms with Gasteiger partial charge in [-0.25, -0.2) is 0 Å². The first-order valence-corrected chi connectivity index (χ1v) is 10.6. The number of amides is 1. The van der Waals surface area contributed by atoms with Crippen molar-refractivity contribution < 1.29 is 19.1 Å². The van der Waals surface area contributed by atoms with Crippen molar-refractivity contribution >= 4 is 11.7 Å². The number of hydrogen-bond donors (Lipinski definition) is 0. The molecule has 0 radical (unpaired) electrons. The van der Waals surface area contributed by atoms with Crippen molar-refractivity contribution in [3.8, 4) is 5.75 Å². The van der Waals surface area contributed by atoms with Crippen LogP contribution in [0, 0.1) is 5.92 Å². The molecule has 0 N–H and O–H groups in total. The number of fused-ring (bicyclic) bond motifs is 1. The van der Waals surface area contributed by atoms with Gasteiger partial charge in [-0.3, -0.25) is 9.59 Å². The van der Waals surface area contributed by atoms with Gasteiger partial charge in [0.15, 0.2) is 11.5 Å². The summed E-state index contributed by atoms with van der Waals surface area (Å²) in [6.07, 6.45) is 3.62. The van der Waals surface area contributed by atoms with Gasteiger partial charge in [-0.05, 0) is 42.5 Å². The number of carbonyl (C=O) groups excluding carboxylic acids is 2. The van der Waals surface area contributed by atoms with Crippen molar-refractivity contribution in [2.75, 3.05) is 7.05 Å². The molecule has 2 aromatic carbocycles. The minimum atomic E-state index is -0.428. The van der Waals surface area contributed by atoms with Crippen molar-refractivity contribution in [3.63, 3.8) is 0 Å². The molecule has 2 aliphatic heterocycles. The van der Waals surface area contributed by atoms with Crippen LogP contribution < -0.4 is 4.74 Å². The first-order valence-electron chi connectivity index (χ1n) is 10.6. The number of ketones is 1. The van der Waals surface area contributed by atoms with E-state index in [2.05, 4.69) is 0 Å². The number of nitrogens with zero attached hydrogens (tertiary/aromatic N) is 1. The number of benzene rings is 2. The number of Topliss-reactive ketones (excluding diaryl/α,β-unsaturated/α-hetero) is 1. The average Bonchev–Trinajstić information content (AvgIpc) is 3.04. The highest BCUT2D eigenvalue weighted by molar-refractivity contribution is 6.11. The summed E-state index contributed by atoms with van der Waals surface area (Å²) in [4.78, 5) is 27.9. The van der Waals surface area contributed by atoms with Crippen LogP contribution in [0.5, 0.6) is 5.75 Å². The van der Waals surface area contributed by atoms with Gasteiger partial charge in [0.05, 0.1) is 17.5 Å². The van der Waals surface area contributed by atoms with Crippen LogP contribution >= 0.6 is 0 Å². The first kappa shape index (κ1) is 18.9. The Kier molecular flexibility index (Phi) is 4.81. The van der Waals surface area contributed by atoms with Crippen molar-refractivity contribution in [1.29, 1.82) is 0 Å². The molecule has 5 nitrogen and oxygen atoms in total. The van der Waals surface area contributed by atoms with Crippen LogP contribution in [0.1, 0.15) is 42.9 Å². The molecule has 5 heteroatoms. The Labute approximate surface area is 176 Å². The second-order valence-corrected chi connectivity index (χ2v) is 8.32. The Morgan fingerprint density at radius 2 is 1.83 bits per heavy atom. The third-order valence-electron chi connectivity index (χ3n) is 6.42. The molecule has 30 heavy (non-hydrogen) atoms. The van der Waals surface area contributed by atoms with Crippen LogP contribution in [0.4, 0.5) is 0 Å². The monoisotopic (exact) mass is 403 g/mol.